The second-order valence-electron chi connectivity index (χ2n) is 6.29. The first kappa shape index (κ1) is 17.8. The number of fused-ring (bicyclic) bond motifs is 1. The van der Waals surface area contributed by atoms with Crippen LogP contribution in [0.4, 0.5) is 0 Å². The van der Waals surface area contributed by atoms with Crippen molar-refractivity contribution in [2.24, 2.45) is 0 Å². The summed E-state index contributed by atoms with van der Waals surface area (Å²) in [7, 11) is 0. The van der Waals surface area contributed by atoms with Gasteiger partial charge in [0.25, 0.3) is 0 Å². The Bertz CT molecular complexity index is 788. The number of imidazole rings is 1. The van der Waals surface area contributed by atoms with E-state index in [9.17, 15) is 4.79 Å². The molecule has 0 N–H and O–H groups in total. The molecule has 1 aromatic heterocycles. The number of carbonyl (C=O) groups is 1. The molecule has 1 amide bonds. The minimum Gasteiger partial charge on any atom is -0.372 e. The van der Waals surface area contributed by atoms with Gasteiger partial charge in [0, 0.05) is 19.6 Å². The van der Waals surface area contributed by atoms with Crippen molar-refractivity contribution >= 4 is 28.7 Å². The summed E-state index contributed by atoms with van der Waals surface area (Å²) < 4.78 is 7.71. The molecule has 1 saturated heterocycles. The summed E-state index contributed by atoms with van der Waals surface area (Å²) in [5.74, 6) is 0.445. The molecule has 0 aliphatic carbocycles. The third kappa shape index (κ3) is 4.14. The fraction of sp³-hybridized carbons (Fsp3) is 0.500. The van der Waals surface area contributed by atoms with E-state index in [0.717, 1.165) is 16.2 Å². The molecule has 0 radical (unpaired) electrons. The van der Waals surface area contributed by atoms with Crippen LogP contribution in [0.5, 0.6) is 0 Å². The van der Waals surface area contributed by atoms with Gasteiger partial charge >= 0.3 is 0 Å². The monoisotopic (exact) mass is 358 g/mol. The SMILES string of the molecule is C[C@@H]1CN(C(=O)CSc2nc3ccccc3n2CCC#N)C[C@@H](C)O1. The van der Waals surface area contributed by atoms with E-state index in [4.69, 9.17) is 10.00 Å². The summed E-state index contributed by atoms with van der Waals surface area (Å²) in [5.41, 5.74) is 1.89. The van der Waals surface area contributed by atoms with Gasteiger partial charge in [0.2, 0.25) is 5.91 Å². The highest BCUT2D eigenvalue weighted by atomic mass is 32.2. The molecule has 1 aliphatic rings. The third-order valence-corrected chi connectivity index (χ3v) is 5.12. The second-order valence-corrected chi connectivity index (χ2v) is 7.23. The van der Waals surface area contributed by atoms with Gasteiger partial charge in [0.1, 0.15) is 0 Å². The highest BCUT2D eigenvalue weighted by Gasteiger charge is 2.26. The number of nitrogens with zero attached hydrogens (tertiary/aromatic N) is 4. The predicted octanol–water partition coefficient (Wildman–Crippen LogP) is 2.68. The van der Waals surface area contributed by atoms with Crippen molar-refractivity contribution in [2.75, 3.05) is 18.8 Å². The molecule has 25 heavy (non-hydrogen) atoms. The lowest BCUT2D eigenvalue weighted by Gasteiger charge is -2.35. The summed E-state index contributed by atoms with van der Waals surface area (Å²) in [6, 6.07) is 10.0. The highest BCUT2D eigenvalue weighted by Crippen LogP contribution is 2.25. The van der Waals surface area contributed by atoms with Gasteiger partial charge in [-0.3, -0.25) is 4.79 Å². The Morgan fingerprint density at radius 1 is 1.36 bits per heavy atom. The number of morpholine rings is 1. The van der Waals surface area contributed by atoms with Crippen molar-refractivity contribution < 1.29 is 9.53 Å². The first-order valence-electron chi connectivity index (χ1n) is 8.46. The number of nitriles is 1. The number of aryl methyl sites for hydroxylation is 1. The van der Waals surface area contributed by atoms with E-state index >= 15 is 0 Å². The maximum atomic E-state index is 12.6. The van der Waals surface area contributed by atoms with E-state index in [2.05, 4.69) is 11.1 Å². The Kier molecular flexibility index (Phi) is 5.61. The fourth-order valence-electron chi connectivity index (χ4n) is 3.14. The van der Waals surface area contributed by atoms with Crippen LogP contribution in [0.1, 0.15) is 20.3 Å². The molecular formula is C18H22N4O2S. The van der Waals surface area contributed by atoms with E-state index in [1.807, 2.05) is 47.6 Å². The summed E-state index contributed by atoms with van der Waals surface area (Å²) >= 11 is 1.44. The maximum Gasteiger partial charge on any atom is 0.233 e. The lowest BCUT2D eigenvalue weighted by molar-refractivity contribution is -0.140. The number of benzene rings is 1. The number of amides is 1. The maximum absolute atomic E-state index is 12.6. The molecule has 2 aromatic rings. The van der Waals surface area contributed by atoms with Gasteiger partial charge in [0.05, 0.1) is 41.5 Å². The zero-order valence-electron chi connectivity index (χ0n) is 14.5. The first-order chi connectivity index (χ1) is 12.1. The number of aromatic nitrogens is 2. The molecule has 0 bridgehead atoms. The van der Waals surface area contributed by atoms with Crippen LogP contribution in [0.25, 0.3) is 11.0 Å². The molecule has 2 atom stereocenters. The van der Waals surface area contributed by atoms with Crippen molar-refractivity contribution in [2.45, 2.75) is 44.2 Å². The molecule has 1 fully saturated rings. The molecule has 3 rings (SSSR count). The molecule has 2 heterocycles. The molecule has 1 aromatic carbocycles. The van der Waals surface area contributed by atoms with E-state index in [1.54, 1.807) is 0 Å². The van der Waals surface area contributed by atoms with E-state index in [-0.39, 0.29) is 18.1 Å². The van der Waals surface area contributed by atoms with Crippen molar-refractivity contribution in [3.05, 3.63) is 24.3 Å². The normalized spacial score (nSPS) is 20.6. The topological polar surface area (TPSA) is 71.2 Å². The van der Waals surface area contributed by atoms with Crippen LogP contribution in [0.15, 0.2) is 29.4 Å². The molecule has 0 unspecified atom stereocenters. The summed E-state index contributed by atoms with van der Waals surface area (Å²) in [4.78, 5) is 19.1. The fourth-order valence-corrected chi connectivity index (χ4v) is 4.08. The predicted molar refractivity (Wildman–Crippen MR) is 97.3 cm³/mol. The average molecular weight is 358 g/mol. The summed E-state index contributed by atoms with van der Waals surface area (Å²) in [5, 5.41) is 9.69. The van der Waals surface area contributed by atoms with E-state index in [0.29, 0.717) is 31.8 Å². The van der Waals surface area contributed by atoms with Gasteiger partial charge in [-0.1, -0.05) is 23.9 Å². The van der Waals surface area contributed by atoms with Crippen molar-refractivity contribution in [1.82, 2.24) is 14.5 Å². The molecule has 0 saturated carbocycles. The number of hydrogen-bond donors (Lipinski definition) is 0. The lowest BCUT2D eigenvalue weighted by atomic mass is 10.2. The quantitative estimate of drug-likeness (QED) is 0.769. The molecular weight excluding hydrogens is 336 g/mol. The van der Waals surface area contributed by atoms with Crippen LogP contribution in [-0.4, -0.2) is 51.4 Å². The highest BCUT2D eigenvalue weighted by molar-refractivity contribution is 7.99. The Labute approximate surface area is 151 Å². The number of thioether (sulfide) groups is 1. The molecule has 1 aliphatic heterocycles. The van der Waals surface area contributed by atoms with Crippen molar-refractivity contribution in [1.29, 1.82) is 5.26 Å². The minimum atomic E-state index is 0.0675. The Morgan fingerprint density at radius 2 is 2.08 bits per heavy atom. The molecule has 132 valence electrons. The summed E-state index contributed by atoms with van der Waals surface area (Å²) in [6.07, 6.45) is 0.552. The second kappa shape index (κ2) is 7.89. The number of para-hydroxylation sites is 2. The van der Waals surface area contributed by atoms with Gasteiger partial charge < -0.3 is 14.2 Å². The summed E-state index contributed by atoms with van der Waals surface area (Å²) in [6.45, 7) is 5.83. The Balaban J connectivity index is 1.72. The van der Waals surface area contributed by atoms with Crippen LogP contribution >= 0.6 is 11.8 Å². The molecule has 0 spiro atoms. The van der Waals surface area contributed by atoms with Crippen LogP contribution in [0.2, 0.25) is 0 Å². The van der Waals surface area contributed by atoms with Gasteiger partial charge in [-0.15, -0.1) is 0 Å². The van der Waals surface area contributed by atoms with E-state index < -0.39 is 0 Å². The Morgan fingerprint density at radius 3 is 2.80 bits per heavy atom. The minimum absolute atomic E-state index is 0.0675. The average Bonchev–Trinajstić information content (AvgIpc) is 2.94. The smallest absolute Gasteiger partial charge is 0.233 e. The van der Waals surface area contributed by atoms with Crippen LogP contribution in [-0.2, 0) is 16.1 Å². The number of hydrogen-bond acceptors (Lipinski definition) is 5. The lowest BCUT2D eigenvalue weighted by Crippen LogP contribution is -2.48. The number of ether oxygens (including phenoxy) is 1. The van der Waals surface area contributed by atoms with Crippen molar-refractivity contribution in [3.8, 4) is 6.07 Å². The van der Waals surface area contributed by atoms with E-state index in [1.165, 1.54) is 11.8 Å². The standard InChI is InChI=1S/C18H22N4O2S/c1-13-10-21(11-14(2)24-13)17(23)12-25-18-20-15-6-3-4-7-16(15)22(18)9-5-8-19/h3-4,6-7,13-14H,5,9-12H2,1-2H3/t13-,14-/m1/s1. The first-order valence-corrected chi connectivity index (χ1v) is 9.45. The third-order valence-electron chi connectivity index (χ3n) is 4.16. The van der Waals surface area contributed by atoms with Gasteiger partial charge in [0.15, 0.2) is 5.16 Å². The number of rotatable bonds is 5. The molecule has 7 heteroatoms. The van der Waals surface area contributed by atoms with Crippen molar-refractivity contribution in [3.63, 3.8) is 0 Å². The Hall–Kier alpha value is -2.04. The zero-order valence-corrected chi connectivity index (χ0v) is 15.3. The van der Waals surface area contributed by atoms with Gasteiger partial charge in [-0.2, -0.15) is 5.26 Å². The largest absolute Gasteiger partial charge is 0.372 e. The zero-order chi connectivity index (χ0) is 17.8. The van der Waals surface area contributed by atoms with Gasteiger partial charge in [-0.05, 0) is 26.0 Å². The molecule has 6 nitrogen and oxygen atoms in total. The van der Waals surface area contributed by atoms with Crippen LogP contribution < -0.4 is 0 Å². The van der Waals surface area contributed by atoms with Crippen LogP contribution in [0.3, 0.4) is 0 Å². The van der Waals surface area contributed by atoms with Gasteiger partial charge in [-0.25, -0.2) is 4.98 Å². The van der Waals surface area contributed by atoms with Crippen LogP contribution in [0, 0.1) is 11.3 Å². The number of carbonyl (C=O) groups excluding carboxylic acids is 1.